The topological polar surface area (TPSA) is 62.7 Å². The second-order valence-electron chi connectivity index (χ2n) is 4.25. The quantitative estimate of drug-likeness (QED) is 0.739. The van der Waals surface area contributed by atoms with Crippen molar-refractivity contribution in [2.75, 3.05) is 5.73 Å². The van der Waals surface area contributed by atoms with E-state index in [0.717, 1.165) is 20.3 Å². The molecule has 0 aliphatic rings. The number of rotatable bonds is 3. The van der Waals surface area contributed by atoms with Crippen molar-refractivity contribution in [3.05, 3.63) is 48.0 Å². The van der Waals surface area contributed by atoms with Crippen molar-refractivity contribution in [2.24, 2.45) is 0 Å². The van der Waals surface area contributed by atoms with E-state index < -0.39 is 0 Å². The van der Waals surface area contributed by atoms with Gasteiger partial charge in [0.25, 0.3) is 0 Å². The number of nitrogen functional groups attached to an aromatic ring is 1. The van der Waals surface area contributed by atoms with Crippen molar-refractivity contribution in [2.45, 2.75) is 15.7 Å². The average molecular weight is 297 g/mol. The molecule has 0 saturated heterocycles. The molecule has 0 unspecified atom stereocenters. The highest BCUT2D eigenvalue weighted by Gasteiger charge is 2.07. The third kappa shape index (κ3) is 2.62. The van der Waals surface area contributed by atoms with Crippen LogP contribution in [0, 0.1) is 11.3 Å². The number of anilines is 1. The van der Waals surface area contributed by atoms with E-state index in [1.54, 1.807) is 23.1 Å². The highest BCUT2D eigenvalue weighted by atomic mass is 32.2. The number of aromatic nitrogens is 1. The first-order valence-corrected chi connectivity index (χ1v) is 7.68. The minimum Gasteiger partial charge on any atom is -0.398 e. The fraction of sp³-hybridized carbons (Fsp3) is 0.0667. The average Bonchev–Trinajstić information content (AvgIpc) is 2.85. The van der Waals surface area contributed by atoms with E-state index in [4.69, 9.17) is 11.0 Å². The van der Waals surface area contributed by atoms with Crippen LogP contribution in [0.15, 0.2) is 51.7 Å². The zero-order valence-electron chi connectivity index (χ0n) is 10.5. The van der Waals surface area contributed by atoms with Crippen LogP contribution in [0.3, 0.4) is 0 Å². The Kier molecular flexibility index (Phi) is 3.59. The molecule has 3 nitrogen and oxygen atoms in total. The molecule has 20 heavy (non-hydrogen) atoms. The highest BCUT2D eigenvalue weighted by Crippen LogP contribution is 2.35. The Morgan fingerprint density at radius 3 is 2.90 bits per heavy atom. The molecule has 0 radical (unpaired) electrons. The van der Waals surface area contributed by atoms with E-state index >= 15 is 0 Å². The predicted molar refractivity (Wildman–Crippen MR) is 83.9 cm³/mol. The molecule has 0 atom stereocenters. The largest absolute Gasteiger partial charge is 0.398 e. The van der Waals surface area contributed by atoms with Gasteiger partial charge < -0.3 is 5.73 Å². The molecule has 5 heteroatoms. The minimum absolute atomic E-state index is 0.333. The van der Waals surface area contributed by atoms with Gasteiger partial charge in [0.05, 0.1) is 22.7 Å². The summed E-state index contributed by atoms with van der Waals surface area (Å²) in [5.41, 5.74) is 8.42. The van der Waals surface area contributed by atoms with Crippen LogP contribution in [0.1, 0.15) is 5.56 Å². The standard InChI is InChI=1S/C15H11N3S2/c16-8-7-10-9-11(5-6-12(10)17)19-15-18-13-3-1-2-4-14(13)20-15/h1-6,9H,7,17H2. The predicted octanol–water partition coefficient (Wildman–Crippen LogP) is 4.10. The molecule has 98 valence electrons. The van der Waals surface area contributed by atoms with E-state index in [2.05, 4.69) is 17.1 Å². The Morgan fingerprint density at radius 1 is 1.25 bits per heavy atom. The first-order valence-electron chi connectivity index (χ1n) is 6.05. The van der Waals surface area contributed by atoms with E-state index in [0.29, 0.717) is 12.1 Å². The van der Waals surface area contributed by atoms with Gasteiger partial charge >= 0.3 is 0 Å². The SMILES string of the molecule is N#CCc1cc(Sc2nc3ccccc3s2)ccc1N. The number of para-hydroxylation sites is 1. The molecular weight excluding hydrogens is 286 g/mol. The number of hydrogen-bond donors (Lipinski definition) is 1. The summed E-state index contributed by atoms with van der Waals surface area (Å²) in [6.45, 7) is 0. The second-order valence-corrected chi connectivity index (χ2v) is 6.60. The molecule has 0 spiro atoms. The second kappa shape index (κ2) is 5.53. The van der Waals surface area contributed by atoms with Gasteiger partial charge in [0.2, 0.25) is 0 Å². The van der Waals surface area contributed by atoms with Crippen LogP contribution >= 0.6 is 23.1 Å². The molecule has 0 aliphatic carbocycles. The van der Waals surface area contributed by atoms with E-state index in [-0.39, 0.29) is 0 Å². The number of benzene rings is 2. The Balaban J connectivity index is 1.90. The van der Waals surface area contributed by atoms with Crippen LogP contribution in [0.2, 0.25) is 0 Å². The van der Waals surface area contributed by atoms with Gasteiger partial charge in [-0.1, -0.05) is 23.9 Å². The van der Waals surface area contributed by atoms with E-state index in [1.807, 2.05) is 36.4 Å². The molecule has 3 aromatic rings. The molecule has 1 heterocycles. The van der Waals surface area contributed by atoms with Gasteiger partial charge in [0.15, 0.2) is 4.34 Å². The zero-order valence-corrected chi connectivity index (χ0v) is 12.2. The smallest absolute Gasteiger partial charge is 0.155 e. The summed E-state index contributed by atoms with van der Waals surface area (Å²) in [6, 6.07) is 16.0. The number of hydrogen-bond acceptors (Lipinski definition) is 5. The normalized spacial score (nSPS) is 10.6. The Morgan fingerprint density at radius 2 is 2.10 bits per heavy atom. The first kappa shape index (κ1) is 13.0. The van der Waals surface area contributed by atoms with Crippen LogP contribution < -0.4 is 5.73 Å². The molecule has 0 amide bonds. The van der Waals surface area contributed by atoms with E-state index in [9.17, 15) is 0 Å². The molecule has 3 rings (SSSR count). The van der Waals surface area contributed by atoms with Gasteiger partial charge in [-0.2, -0.15) is 5.26 Å². The van der Waals surface area contributed by atoms with Gasteiger partial charge in [-0.25, -0.2) is 4.98 Å². The van der Waals surface area contributed by atoms with Crippen molar-refractivity contribution in [3.8, 4) is 6.07 Å². The third-order valence-electron chi connectivity index (χ3n) is 2.86. The summed E-state index contributed by atoms with van der Waals surface area (Å²) in [4.78, 5) is 5.65. The summed E-state index contributed by atoms with van der Waals surface area (Å²) in [6.07, 6.45) is 0.333. The van der Waals surface area contributed by atoms with Crippen molar-refractivity contribution < 1.29 is 0 Å². The highest BCUT2D eigenvalue weighted by molar-refractivity contribution is 8.01. The van der Waals surface area contributed by atoms with Crippen LogP contribution in [0.4, 0.5) is 5.69 Å². The number of fused-ring (bicyclic) bond motifs is 1. The molecule has 2 N–H and O–H groups in total. The maximum atomic E-state index is 8.80. The Hall–Kier alpha value is -2.03. The van der Waals surface area contributed by atoms with Crippen LogP contribution in [0.25, 0.3) is 10.2 Å². The lowest BCUT2D eigenvalue weighted by atomic mass is 10.1. The van der Waals surface area contributed by atoms with E-state index in [1.165, 1.54) is 4.70 Å². The molecule has 0 aliphatic heterocycles. The summed E-state index contributed by atoms with van der Waals surface area (Å²) < 4.78 is 2.18. The minimum atomic E-state index is 0.333. The fourth-order valence-corrected chi connectivity index (χ4v) is 3.98. The molecule has 0 fully saturated rings. The monoisotopic (exact) mass is 297 g/mol. The summed E-state index contributed by atoms with van der Waals surface area (Å²) >= 11 is 3.28. The molecule has 0 bridgehead atoms. The number of nitrogens with zero attached hydrogens (tertiary/aromatic N) is 2. The van der Waals surface area contributed by atoms with Gasteiger partial charge in [0, 0.05) is 10.6 Å². The maximum Gasteiger partial charge on any atom is 0.155 e. The Labute approximate surface area is 125 Å². The molecule has 0 saturated carbocycles. The number of nitriles is 1. The number of nitrogens with two attached hydrogens (primary N) is 1. The lowest BCUT2D eigenvalue weighted by molar-refractivity contribution is 1.23. The van der Waals surface area contributed by atoms with Gasteiger partial charge in [-0.3, -0.25) is 0 Å². The van der Waals surface area contributed by atoms with Gasteiger partial charge in [0.1, 0.15) is 0 Å². The zero-order chi connectivity index (χ0) is 13.9. The summed E-state index contributed by atoms with van der Waals surface area (Å²) in [5, 5.41) is 8.80. The van der Waals surface area contributed by atoms with Crippen LogP contribution in [-0.2, 0) is 6.42 Å². The molecule has 2 aromatic carbocycles. The van der Waals surface area contributed by atoms with Gasteiger partial charge in [-0.15, -0.1) is 11.3 Å². The third-order valence-corrected chi connectivity index (χ3v) is 4.95. The van der Waals surface area contributed by atoms with Crippen molar-refractivity contribution in [3.63, 3.8) is 0 Å². The number of thiazole rings is 1. The van der Waals surface area contributed by atoms with Crippen molar-refractivity contribution in [1.82, 2.24) is 4.98 Å². The lowest BCUT2D eigenvalue weighted by Crippen LogP contribution is -1.93. The van der Waals surface area contributed by atoms with Crippen LogP contribution in [-0.4, -0.2) is 4.98 Å². The molecule has 1 aromatic heterocycles. The van der Waals surface area contributed by atoms with Crippen molar-refractivity contribution in [1.29, 1.82) is 5.26 Å². The van der Waals surface area contributed by atoms with Crippen molar-refractivity contribution >= 4 is 39.0 Å². The maximum absolute atomic E-state index is 8.80. The summed E-state index contributed by atoms with van der Waals surface area (Å²) in [7, 11) is 0. The lowest BCUT2D eigenvalue weighted by Gasteiger charge is -2.04. The Bertz CT molecular complexity index is 769. The summed E-state index contributed by atoms with van der Waals surface area (Å²) in [5.74, 6) is 0. The first-order chi connectivity index (χ1) is 9.76. The van der Waals surface area contributed by atoms with Gasteiger partial charge in [-0.05, 0) is 35.9 Å². The molecular formula is C15H11N3S2. The van der Waals surface area contributed by atoms with Crippen LogP contribution in [0.5, 0.6) is 0 Å². The fourth-order valence-electron chi connectivity index (χ4n) is 1.88.